The van der Waals surface area contributed by atoms with Gasteiger partial charge in [0.05, 0.1) is 5.69 Å². The molecule has 27 heavy (non-hydrogen) atoms. The maximum absolute atomic E-state index is 6.37. The van der Waals surface area contributed by atoms with E-state index in [9.17, 15) is 0 Å². The van der Waals surface area contributed by atoms with Crippen molar-refractivity contribution in [1.29, 1.82) is 0 Å². The standard InChI is InChI=1S/C24H27NOS/c1-24(2,3)16-13-14-25-19(15-16)17-11-12-21(27(4,5)6)22-18-9-7-8-10-20(18)26-23(17)22/h7-15H,1-6H3. The Balaban J connectivity index is 2.07. The first kappa shape index (κ1) is 18.1. The highest BCUT2D eigenvalue weighted by Crippen LogP contribution is 2.52. The summed E-state index contributed by atoms with van der Waals surface area (Å²) in [5.74, 6) is 0. The second kappa shape index (κ2) is 6.13. The maximum Gasteiger partial charge on any atom is 0.145 e. The van der Waals surface area contributed by atoms with E-state index in [-0.39, 0.29) is 5.41 Å². The van der Waals surface area contributed by atoms with Crippen LogP contribution in [0.4, 0.5) is 0 Å². The van der Waals surface area contributed by atoms with Gasteiger partial charge in [-0.1, -0.05) is 39.0 Å². The van der Waals surface area contributed by atoms with Crippen molar-refractivity contribution in [3.63, 3.8) is 0 Å². The van der Waals surface area contributed by atoms with Crippen LogP contribution >= 0.6 is 10.0 Å². The Labute approximate surface area is 162 Å². The average molecular weight is 378 g/mol. The van der Waals surface area contributed by atoms with E-state index >= 15 is 0 Å². The molecule has 0 saturated heterocycles. The Kier molecular flexibility index (Phi) is 4.12. The van der Waals surface area contributed by atoms with Crippen molar-refractivity contribution in [1.82, 2.24) is 4.98 Å². The first-order valence-corrected chi connectivity index (χ1v) is 12.1. The van der Waals surface area contributed by atoms with Gasteiger partial charge in [-0.25, -0.2) is 10.0 Å². The molecule has 0 atom stereocenters. The molecule has 0 spiro atoms. The molecule has 4 aromatic rings. The zero-order chi connectivity index (χ0) is 19.4. The Morgan fingerprint density at radius 3 is 2.37 bits per heavy atom. The van der Waals surface area contributed by atoms with Crippen molar-refractivity contribution >= 4 is 32.0 Å². The third kappa shape index (κ3) is 3.14. The van der Waals surface area contributed by atoms with Gasteiger partial charge in [0.15, 0.2) is 0 Å². The summed E-state index contributed by atoms with van der Waals surface area (Å²) in [7, 11) is -0.902. The molecule has 0 aliphatic heterocycles. The second-order valence-corrected chi connectivity index (χ2v) is 13.0. The molecule has 0 amide bonds. The lowest BCUT2D eigenvalue weighted by atomic mass is 9.87. The lowest BCUT2D eigenvalue weighted by Crippen LogP contribution is -2.11. The first-order valence-electron chi connectivity index (χ1n) is 9.26. The van der Waals surface area contributed by atoms with Gasteiger partial charge in [0.1, 0.15) is 11.2 Å². The van der Waals surface area contributed by atoms with E-state index in [2.05, 4.69) is 87.0 Å². The molecule has 3 heteroatoms. The van der Waals surface area contributed by atoms with Crippen LogP contribution in [-0.4, -0.2) is 23.8 Å². The maximum atomic E-state index is 6.37. The van der Waals surface area contributed by atoms with Crippen LogP contribution in [-0.2, 0) is 5.41 Å². The smallest absolute Gasteiger partial charge is 0.145 e. The number of para-hydroxylation sites is 1. The van der Waals surface area contributed by atoms with Crippen molar-refractivity contribution in [3.05, 3.63) is 60.3 Å². The Bertz CT molecular complexity index is 1140. The Morgan fingerprint density at radius 2 is 1.67 bits per heavy atom. The molecule has 0 aliphatic rings. The van der Waals surface area contributed by atoms with E-state index in [0.717, 1.165) is 22.4 Å². The summed E-state index contributed by atoms with van der Waals surface area (Å²) in [6, 6.07) is 17.1. The minimum atomic E-state index is -0.902. The van der Waals surface area contributed by atoms with E-state index in [1.807, 2.05) is 12.3 Å². The molecule has 0 unspecified atom stereocenters. The zero-order valence-electron chi connectivity index (χ0n) is 17.0. The summed E-state index contributed by atoms with van der Waals surface area (Å²) in [5.41, 5.74) is 5.30. The fourth-order valence-electron chi connectivity index (χ4n) is 3.55. The summed E-state index contributed by atoms with van der Waals surface area (Å²) in [6.07, 6.45) is 8.92. The quantitative estimate of drug-likeness (QED) is 0.376. The van der Waals surface area contributed by atoms with Crippen LogP contribution in [0.2, 0.25) is 0 Å². The first-order chi connectivity index (χ1) is 12.7. The molecule has 2 nitrogen and oxygen atoms in total. The van der Waals surface area contributed by atoms with Crippen LogP contribution in [0.15, 0.2) is 64.0 Å². The Hall–Kier alpha value is -2.26. The predicted molar refractivity (Wildman–Crippen MR) is 119 cm³/mol. The number of pyridine rings is 1. The van der Waals surface area contributed by atoms with E-state index in [1.165, 1.54) is 21.2 Å². The van der Waals surface area contributed by atoms with Gasteiger partial charge >= 0.3 is 0 Å². The normalized spacial score (nSPS) is 13.4. The molecular formula is C24H27NOS. The fraction of sp³-hybridized carbons (Fsp3) is 0.292. The van der Waals surface area contributed by atoms with Crippen molar-refractivity contribution in [2.24, 2.45) is 0 Å². The molecule has 2 aromatic heterocycles. The van der Waals surface area contributed by atoms with Gasteiger partial charge in [0.25, 0.3) is 0 Å². The van der Waals surface area contributed by atoms with Crippen molar-refractivity contribution in [2.75, 3.05) is 18.8 Å². The van der Waals surface area contributed by atoms with E-state index in [1.54, 1.807) is 0 Å². The highest BCUT2D eigenvalue weighted by Gasteiger charge is 2.22. The second-order valence-electron chi connectivity index (χ2n) is 8.93. The number of furan rings is 1. The monoisotopic (exact) mass is 377 g/mol. The molecule has 0 N–H and O–H groups in total. The SMILES string of the molecule is CC(C)(C)c1ccnc(-c2ccc(S(C)(C)C)c3c2oc2ccccc23)c1. The number of nitrogens with zero attached hydrogens (tertiary/aromatic N) is 1. The van der Waals surface area contributed by atoms with Crippen molar-refractivity contribution < 1.29 is 4.42 Å². The van der Waals surface area contributed by atoms with Gasteiger partial charge in [-0.2, -0.15) is 0 Å². The van der Waals surface area contributed by atoms with Crippen molar-refractivity contribution in [2.45, 2.75) is 31.1 Å². The summed E-state index contributed by atoms with van der Waals surface area (Å²) in [4.78, 5) is 6.07. The van der Waals surface area contributed by atoms with E-state index in [0.29, 0.717) is 0 Å². The summed E-state index contributed by atoms with van der Waals surface area (Å²) >= 11 is 0. The topological polar surface area (TPSA) is 26.0 Å². The van der Waals surface area contributed by atoms with Gasteiger partial charge in [-0.15, -0.1) is 0 Å². The number of hydrogen-bond donors (Lipinski definition) is 0. The van der Waals surface area contributed by atoms with Gasteiger partial charge in [-0.3, -0.25) is 4.98 Å². The highest BCUT2D eigenvalue weighted by molar-refractivity contribution is 8.32. The van der Waals surface area contributed by atoms with Crippen LogP contribution in [0.25, 0.3) is 33.2 Å². The molecule has 0 saturated carbocycles. The summed E-state index contributed by atoms with van der Waals surface area (Å²) in [5, 5.41) is 2.44. The number of aromatic nitrogens is 1. The van der Waals surface area contributed by atoms with Crippen LogP contribution in [0.5, 0.6) is 0 Å². The lowest BCUT2D eigenvalue weighted by Gasteiger charge is -2.27. The number of rotatable bonds is 2. The minimum absolute atomic E-state index is 0.0835. The number of fused-ring (bicyclic) bond motifs is 3. The molecule has 0 aliphatic carbocycles. The molecule has 0 radical (unpaired) electrons. The fourth-order valence-corrected chi connectivity index (χ4v) is 4.85. The third-order valence-corrected chi connectivity index (χ3v) is 6.71. The largest absolute Gasteiger partial charge is 0.455 e. The molecule has 2 aromatic carbocycles. The molecule has 0 fully saturated rings. The van der Waals surface area contributed by atoms with Gasteiger partial charge in [0.2, 0.25) is 0 Å². The molecule has 2 heterocycles. The third-order valence-electron chi connectivity index (χ3n) is 5.05. The van der Waals surface area contributed by atoms with Gasteiger partial charge in [0, 0.05) is 27.4 Å². The van der Waals surface area contributed by atoms with E-state index in [4.69, 9.17) is 4.42 Å². The molecule has 0 bridgehead atoms. The summed E-state index contributed by atoms with van der Waals surface area (Å²) < 4.78 is 6.37. The van der Waals surface area contributed by atoms with Crippen LogP contribution in [0.1, 0.15) is 26.3 Å². The molecular weight excluding hydrogens is 350 g/mol. The average Bonchev–Trinajstić information content (AvgIpc) is 2.99. The van der Waals surface area contributed by atoms with Crippen LogP contribution < -0.4 is 0 Å². The van der Waals surface area contributed by atoms with Gasteiger partial charge < -0.3 is 4.42 Å². The van der Waals surface area contributed by atoms with E-state index < -0.39 is 10.0 Å². The Morgan fingerprint density at radius 1 is 0.926 bits per heavy atom. The molecule has 140 valence electrons. The van der Waals surface area contributed by atoms with Crippen LogP contribution in [0.3, 0.4) is 0 Å². The van der Waals surface area contributed by atoms with Crippen molar-refractivity contribution in [3.8, 4) is 11.3 Å². The summed E-state index contributed by atoms with van der Waals surface area (Å²) in [6.45, 7) is 6.69. The lowest BCUT2D eigenvalue weighted by molar-refractivity contribution is 0.589. The minimum Gasteiger partial charge on any atom is -0.455 e. The van der Waals surface area contributed by atoms with Gasteiger partial charge in [-0.05, 0) is 60.1 Å². The van der Waals surface area contributed by atoms with Crippen LogP contribution in [0, 0.1) is 0 Å². The number of hydrogen-bond acceptors (Lipinski definition) is 2. The highest BCUT2D eigenvalue weighted by atomic mass is 32.3. The predicted octanol–water partition coefficient (Wildman–Crippen LogP) is 7.00. The molecule has 4 rings (SSSR count). The zero-order valence-corrected chi connectivity index (χ0v) is 17.8. The number of benzene rings is 2.